The van der Waals surface area contributed by atoms with Crippen LogP contribution in [0.25, 0.3) is 10.8 Å². The second kappa shape index (κ2) is 4.36. The van der Waals surface area contributed by atoms with Crippen molar-refractivity contribution in [3.8, 4) is 0 Å². The lowest BCUT2D eigenvalue weighted by atomic mass is 9.95. The predicted molar refractivity (Wildman–Crippen MR) is 70.9 cm³/mol. The Kier molecular flexibility index (Phi) is 3.11. The van der Waals surface area contributed by atoms with Crippen LogP contribution in [0.3, 0.4) is 0 Å². The van der Waals surface area contributed by atoms with Gasteiger partial charge in [-0.3, -0.25) is 0 Å². The van der Waals surface area contributed by atoms with Gasteiger partial charge < -0.3 is 0 Å². The van der Waals surface area contributed by atoms with Crippen molar-refractivity contribution in [3.05, 3.63) is 47.0 Å². The van der Waals surface area contributed by atoms with Crippen LogP contribution in [0.2, 0.25) is 0 Å². The molecular weight excluding hydrogens is 248 g/mol. The fourth-order valence-corrected chi connectivity index (χ4v) is 2.56. The van der Waals surface area contributed by atoms with E-state index in [4.69, 9.17) is 0 Å². The van der Waals surface area contributed by atoms with E-state index in [-0.39, 0.29) is 0 Å². The first kappa shape index (κ1) is 10.7. The summed E-state index contributed by atoms with van der Waals surface area (Å²) >= 11 is 3.51. The molecule has 0 saturated carbocycles. The maximum Gasteiger partial charge on any atom is 0.00719 e. The van der Waals surface area contributed by atoms with Crippen molar-refractivity contribution >= 4 is 26.7 Å². The van der Waals surface area contributed by atoms with Gasteiger partial charge in [0.2, 0.25) is 0 Å². The van der Waals surface area contributed by atoms with Gasteiger partial charge in [-0.1, -0.05) is 46.3 Å². The molecule has 0 heterocycles. The summed E-state index contributed by atoms with van der Waals surface area (Å²) in [6.07, 6.45) is 1.11. The van der Waals surface area contributed by atoms with E-state index in [9.17, 15) is 0 Å². The average molecular weight is 263 g/mol. The standard InChI is InChI=1S/C14H15Br/c1-10-9-12(7-8-15)11(2)14-6-4-3-5-13(10)14/h3-6,9H,7-8H2,1-2H3. The molecule has 0 fully saturated rings. The first-order valence-corrected chi connectivity index (χ1v) is 6.40. The lowest BCUT2D eigenvalue weighted by molar-refractivity contribution is 1.14. The second-order valence-electron chi connectivity index (χ2n) is 3.96. The molecular formula is C14H15Br. The number of hydrogen-bond acceptors (Lipinski definition) is 0. The van der Waals surface area contributed by atoms with Crippen molar-refractivity contribution in [2.24, 2.45) is 0 Å². The maximum atomic E-state index is 3.51. The Morgan fingerprint density at radius 1 is 1.07 bits per heavy atom. The van der Waals surface area contributed by atoms with Crippen molar-refractivity contribution in [1.82, 2.24) is 0 Å². The minimum Gasteiger partial charge on any atom is -0.0924 e. The van der Waals surface area contributed by atoms with Crippen molar-refractivity contribution < 1.29 is 0 Å². The van der Waals surface area contributed by atoms with Gasteiger partial charge in [0.25, 0.3) is 0 Å². The summed E-state index contributed by atoms with van der Waals surface area (Å²) in [5.74, 6) is 0. The first-order chi connectivity index (χ1) is 7.24. The van der Waals surface area contributed by atoms with Gasteiger partial charge in [0.1, 0.15) is 0 Å². The number of alkyl halides is 1. The first-order valence-electron chi connectivity index (χ1n) is 5.28. The van der Waals surface area contributed by atoms with Crippen LogP contribution in [0.15, 0.2) is 30.3 Å². The Morgan fingerprint density at radius 2 is 1.73 bits per heavy atom. The van der Waals surface area contributed by atoms with Gasteiger partial charge in [-0.05, 0) is 47.7 Å². The third kappa shape index (κ3) is 1.93. The highest BCUT2D eigenvalue weighted by atomic mass is 79.9. The van der Waals surface area contributed by atoms with Gasteiger partial charge in [-0.15, -0.1) is 0 Å². The number of hydrogen-bond donors (Lipinski definition) is 0. The summed E-state index contributed by atoms with van der Waals surface area (Å²) in [4.78, 5) is 0. The highest BCUT2D eigenvalue weighted by Gasteiger charge is 2.05. The second-order valence-corrected chi connectivity index (χ2v) is 4.76. The topological polar surface area (TPSA) is 0 Å². The molecule has 0 aliphatic carbocycles. The Labute approximate surface area is 99.4 Å². The Bertz CT molecular complexity index is 486. The van der Waals surface area contributed by atoms with E-state index in [1.165, 1.54) is 27.5 Å². The Morgan fingerprint density at radius 3 is 2.40 bits per heavy atom. The molecule has 0 unspecified atom stereocenters. The monoisotopic (exact) mass is 262 g/mol. The molecule has 2 aromatic carbocycles. The molecule has 0 amide bonds. The van der Waals surface area contributed by atoms with Crippen LogP contribution in [0.1, 0.15) is 16.7 Å². The summed E-state index contributed by atoms with van der Waals surface area (Å²) in [6.45, 7) is 4.42. The highest BCUT2D eigenvalue weighted by Crippen LogP contribution is 2.25. The van der Waals surface area contributed by atoms with Gasteiger partial charge in [0.15, 0.2) is 0 Å². The van der Waals surface area contributed by atoms with E-state index in [1.807, 2.05) is 0 Å². The molecule has 1 heteroatoms. The van der Waals surface area contributed by atoms with E-state index in [0.29, 0.717) is 0 Å². The van der Waals surface area contributed by atoms with E-state index in [1.54, 1.807) is 0 Å². The summed E-state index contributed by atoms with van der Waals surface area (Å²) in [5.41, 5.74) is 4.27. The van der Waals surface area contributed by atoms with Crippen LogP contribution in [0, 0.1) is 13.8 Å². The molecule has 0 N–H and O–H groups in total. The number of benzene rings is 2. The van der Waals surface area contributed by atoms with Crippen LogP contribution in [0.4, 0.5) is 0 Å². The van der Waals surface area contributed by atoms with Gasteiger partial charge in [0.05, 0.1) is 0 Å². The molecule has 78 valence electrons. The van der Waals surface area contributed by atoms with E-state index in [2.05, 4.69) is 60.1 Å². The largest absolute Gasteiger partial charge is 0.0924 e. The molecule has 0 aliphatic heterocycles. The predicted octanol–water partition coefficient (Wildman–Crippen LogP) is 4.39. The summed E-state index contributed by atoms with van der Waals surface area (Å²) in [7, 11) is 0. The highest BCUT2D eigenvalue weighted by molar-refractivity contribution is 9.09. The van der Waals surface area contributed by atoms with Crippen LogP contribution >= 0.6 is 15.9 Å². The zero-order chi connectivity index (χ0) is 10.8. The fraction of sp³-hybridized carbons (Fsp3) is 0.286. The van der Waals surface area contributed by atoms with Crippen molar-refractivity contribution in [2.75, 3.05) is 5.33 Å². The third-order valence-electron chi connectivity index (χ3n) is 2.99. The van der Waals surface area contributed by atoms with E-state index < -0.39 is 0 Å². The van der Waals surface area contributed by atoms with Crippen LogP contribution < -0.4 is 0 Å². The smallest absolute Gasteiger partial charge is 0.00719 e. The molecule has 0 bridgehead atoms. The SMILES string of the molecule is Cc1cc(CCBr)c(C)c2ccccc12. The summed E-state index contributed by atoms with van der Waals surface area (Å²) in [5, 5.41) is 3.81. The molecule has 0 radical (unpaired) electrons. The Balaban J connectivity index is 2.72. The van der Waals surface area contributed by atoms with E-state index >= 15 is 0 Å². The van der Waals surface area contributed by atoms with Crippen molar-refractivity contribution in [2.45, 2.75) is 20.3 Å². The fourth-order valence-electron chi connectivity index (χ4n) is 2.14. The average Bonchev–Trinajstić information content (AvgIpc) is 2.26. The zero-order valence-corrected chi connectivity index (χ0v) is 10.8. The molecule has 0 saturated heterocycles. The Hall–Kier alpha value is -0.820. The minimum absolute atomic E-state index is 1.03. The van der Waals surface area contributed by atoms with Gasteiger partial charge in [0, 0.05) is 5.33 Å². The number of aryl methyl sites for hydroxylation is 3. The normalized spacial score (nSPS) is 10.9. The van der Waals surface area contributed by atoms with Crippen LogP contribution in [0.5, 0.6) is 0 Å². The molecule has 0 aliphatic rings. The maximum absolute atomic E-state index is 3.51. The number of halogens is 1. The van der Waals surface area contributed by atoms with Gasteiger partial charge in [-0.25, -0.2) is 0 Å². The zero-order valence-electron chi connectivity index (χ0n) is 9.18. The number of fused-ring (bicyclic) bond motifs is 1. The summed E-state index contributed by atoms with van der Waals surface area (Å²) in [6, 6.07) is 11.0. The van der Waals surface area contributed by atoms with Gasteiger partial charge in [-0.2, -0.15) is 0 Å². The number of rotatable bonds is 2. The molecule has 0 atom stereocenters. The molecule has 2 rings (SSSR count). The quantitative estimate of drug-likeness (QED) is 0.705. The van der Waals surface area contributed by atoms with Crippen molar-refractivity contribution in [3.63, 3.8) is 0 Å². The molecule has 15 heavy (non-hydrogen) atoms. The molecule has 0 nitrogen and oxygen atoms in total. The molecule has 0 spiro atoms. The summed E-state index contributed by atoms with van der Waals surface area (Å²) < 4.78 is 0. The third-order valence-corrected chi connectivity index (χ3v) is 3.39. The van der Waals surface area contributed by atoms with Crippen LogP contribution in [-0.4, -0.2) is 5.33 Å². The van der Waals surface area contributed by atoms with Crippen LogP contribution in [-0.2, 0) is 6.42 Å². The lowest BCUT2D eigenvalue weighted by Gasteiger charge is -2.11. The lowest BCUT2D eigenvalue weighted by Crippen LogP contribution is -1.94. The minimum atomic E-state index is 1.03. The van der Waals surface area contributed by atoms with Gasteiger partial charge >= 0.3 is 0 Å². The van der Waals surface area contributed by atoms with E-state index in [0.717, 1.165) is 11.8 Å². The molecule has 0 aromatic heterocycles. The molecule has 2 aromatic rings. The van der Waals surface area contributed by atoms with Crippen molar-refractivity contribution in [1.29, 1.82) is 0 Å².